The van der Waals surface area contributed by atoms with E-state index in [2.05, 4.69) is 15.0 Å². The van der Waals surface area contributed by atoms with Crippen molar-refractivity contribution in [3.8, 4) is 22.6 Å². The number of anilines is 1. The van der Waals surface area contributed by atoms with Gasteiger partial charge in [0, 0.05) is 34.8 Å². The molecule has 0 bridgehead atoms. The van der Waals surface area contributed by atoms with Gasteiger partial charge < -0.3 is 20.1 Å². The van der Waals surface area contributed by atoms with Crippen molar-refractivity contribution in [3.63, 3.8) is 0 Å². The molecule has 1 saturated heterocycles. The molecule has 156 valence electrons. The first-order valence-corrected chi connectivity index (χ1v) is 9.77. The highest BCUT2D eigenvalue weighted by Crippen LogP contribution is 2.52. The Hall–Kier alpha value is -3.75. The zero-order chi connectivity index (χ0) is 21.2. The van der Waals surface area contributed by atoms with Gasteiger partial charge in [-0.3, -0.25) is 0 Å². The molecule has 9 heteroatoms. The highest BCUT2D eigenvalue weighted by Gasteiger charge is 2.49. The molecule has 1 fully saturated rings. The predicted octanol–water partition coefficient (Wildman–Crippen LogP) is 3.29. The number of ether oxygens (including phenoxy) is 2. The van der Waals surface area contributed by atoms with E-state index in [0.29, 0.717) is 17.2 Å². The lowest BCUT2D eigenvalue weighted by Gasteiger charge is -2.41. The van der Waals surface area contributed by atoms with Crippen molar-refractivity contribution in [3.05, 3.63) is 66.2 Å². The molecular formula is C22H17F2N5O2. The number of aliphatic imine (C=N–C) groups is 1. The van der Waals surface area contributed by atoms with E-state index in [-0.39, 0.29) is 25.7 Å². The van der Waals surface area contributed by atoms with Crippen LogP contribution in [-0.4, -0.2) is 41.6 Å². The number of amidine groups is 1. The minimum atomic E-state index is -2.66. The van der Waals surface area contributed by atoms with E-state index in [1.54, 1.807) is 29.4 Å². The Bertz CT molecular complexity index is 1230. The van der Waals surface area contributed by atoms with Gasteiger partial charge in [0.05, 0.1) is 13.1 Å². The molecule has 31 heavy (non-hydrogen) atoms. The first kappa shape index (κ1) is 18.1. The van der Waals surface area contributed by atoms with Gasteiger partial charge >= 0.3 is 0 Å². The van der Waals surface area contributed by atoms with Gasteiger partial charge in [-0.15, -0.1) is 0 Å². The van der Waals surface area contributed by atoms with E-state index in [1.165, 1.54) is 6.33 Å². The largest absolute Gasteiger partial charge is 0.462 e. The first-order valence-electron chi connectivity index (χ1n) is 9.77. The molecule has 3 aliphatic heterocycles. The lowest BCUT2D eigenvalue weighted by atomic mass is 9.80. The van der Waals surface area contributed by atoms with Crippen molar-refractivity contribution in [1.82, 2.24) is 9.97 Å². The third kappa shape index (κ3) is 2.73. The van der Waals surface area contributed by atoms with E-state index < -0.39 is 11.5 Å². The second-order valence-electron chi connectivity index (χ2n) is 7.93. The molecule has 2 N–H and O–H groups in total. The van der Waals surface area contributed by atoms with Crippen LogP contribution in [0.15, 0.2) is 60.1 Å². The topological polar surface area (TPSA) is 85.9 Å². The summed E-state index contributed by atoms with van der Waals surface area (Å²) in [7, 11) is 0. The maximum absolute atomic E-state index is 13.4. The van der Waals surface area contributed by atoms with E-state index in [1.807, 2.05) is 24.3 Å². The predicted molar refractivity (Wildman–Crippen MR) is 109 cm³/mol. The van der Waals surface area contributed by atoms with Crippen LogP contribution in [-0.2, 0) is 10.3 Å². The Morgan fingerprint density at radius 2 is 1.65 bits per heavy atom. The highest BCUT2D eigenvalue weighted by molar-refractivity contribution is 5.78. The molecule has 0 amide bonds. The molecule has 2 aromatic carbocycles. The number of nitrogens with two attached hydrogens (primary N) is 1. The fourth-order valence-corrected chi connectivity index (χ4v) is 4.36. The summed E-state index contributed by atoms with van der Waals surface area (Å²) in [4.78, 5) is 14.5. The Kier molecular flexibility index (Phi) is 3.57. The standard InChI is InChI=1S/C22H17F2N5O2/c23-21(24)9-29(10-21)15-2-4-19-17(6-15)22(11-30-20(25)28-22)16-5-13(1-3-18(16)31-19)14-7-26-12-27-8-14/h1-8,12H,9-11H2,(H2,25,28)/t22-/m0/s1. The second-order valence-corrected chi connectivity index (χ2v) is 7.93. The Balaban J connectivity index is 1.50. The van der Waals surface area contributed by atoms with Gasteiger partial charge in [-0.05, 0) is 35.9 Å². The summed E-state index contributed by atoms with van der Waals surface area (Å²) in [6, 6.07) is 11.3. The van der Waals surface area contributed by atoms with Crippen LogP contribution >= 0.6 is 0 Å². The number of alkyl halides is 2. The SMILES string of the molecule is NC1=N[C@@]2(CO1)c1cc(-c3cncnc3)ccc1Oc1ccc(N3CC(F)(F)C3)cc12. The molecule has 3 aliphatic rings. The Labute approximate surface area is 176 Å². The van der Waals surface area contributed by atoms with E-state index in [9.17, 15) is 8.78 Å². The molecule has 1 aromatic heterocycles. The quantitative estimate of drug-likeness (QED) is 0.684. The summed E-state index contributed by atoms with van der Waals surface area (Å²) in [6.07, 6.45) is 4.92. The molecule has 0 saturated carbocycles. The van der Waals surface area contributed by atoms with Crippen LogP contribution in [0.2, 0.25) is 0 Å². The summed E-state index contributed by atoms with van der Waals surface area (Å²) in [5, 5.41) is 0. The number of aromatic nitrogens is 2. The van der Waals surface area contributed by atoms with Gasteiger partial charge in [-0.2, -0.15) is 0 Å². The minimum absolute atomic E-state index is 0.0770. The van der Waals surface area contributed by atoms with Gasteiger partial charge in [-0.25, -0.2) is 23.7 Å². The highest BCUT2D eigenvalue weighted by atomic mass is 19.3. The van der Waals surface area contributed by atoms with Crippen LogP contribution in [0.4, 0.5) is 14.5 Å². The van der Waals surface area contributed by atoms with Gasteiger partial charge in [0.25, 0.3) is 11.9 Å². The van der Waals surface area contributed by atoms with Crippen LogP contribution < -0.4 is 15.4 Å². The van der Waals surface area contributed by atoms with E-state index in [0.717, 1.165) is 22.3 Å². The first-order chi connectivity index (χ1) is 14.9. The monoisotopic (exact) mass is 421 g/mol. The summed E-state index contributed by atoms with van der Waals surface area (Å²) in [5.74, 6) is -1.43. The number of nitrogens with zero attached hydrogens (tertiary/aromatic N) is 4. The number of benzene rings is 2. The lowest BCUT2D eigenvalue weighted by molar-refractivity contribution is -0.0262. The summed E-state index contributed by atoms with van der Waals surface area (Å²) >= 11 is 0. The van der Waals surface area contributed by atoms with Gasteiger partial charge in [0.1, 0.15) is 24.4 Å². The minimum Gasteiger partial charge on any atom is -0.462 e. The van der Waals surface area contributed by atoms with Crippen LogP contribution in [0, 0.1) is 0 Å². The molecule has 0 aliphatic carbocycles. The number of fused-ring (bicyclic) bond motifs is 4. The van der Waals surface area contributed by atoms with Gasteiger partial charge in [-0.1, -0.05) is 6.07 Å². The third-order valence-electron chi connectivity index (χ3n) is 5.89. The molecule has 3 aromatic rings. The molecule has 4 heterocycles. The molecule has 1 spiro atoms. The van der Waals surface area contributed by atoms with Crippen molar-refractivity contribution in [2.75, 3.05) is 24.6 Å². The molecular weight excluding hydrogens is 404 g/mol. The Morgan fingerprint density at radius 1 is 0.935 bits per heavy atom. The number of hydrogen-bond acceptors (Lipinski definition) is 7. The molecule has 0 unspecified atom stereocenters. The summed E-state index contributed by atoms with van der Waals surface area (Å²) in [5.41, 5.74) is 8.94. The van der Waals surface area contributed by atoms with Crippen molar-refractivity contribution < 1.29 is 18.3 Å². The third-order valence-corrected chi connectivity index (χ3v) is 5.89. The fourth-order valence-electron chi connectivity index (χ4n) is 4.36. The number of hydrogen-bond donors (Lipinski definition) is 1. The van der Waals surface area contributed by atoms with Crippen molar-refractivity contribution in [2.45, 2.75) is 11.5 Å². The number of halogens is 2. The average molecular weight is 421 g/mol. The van der Waals surface area contributed by atoms with Crippen LogP contribution in [0.3, 0.4) is 0 Å². The van der Waals surface area contributed by atoms with Gasteiger partial charge in [0.15, 0.2) is 5.54 Å². The molecule has 1 atom stereocenters. The smallest absolute Gasteiger partial charge is 0.283 e. The van der Waals surface area contributed by atoms with Crippen LogP contribution in [0.1, 0.15) is 11.1 Å². The van der Waals surface area contributed by atoms with Crippen molar-refractivity contribution in [1.29, 1.82) is 0 Å². The maximum atomic E-state index is 13.4. The second kappa shape index (κ2) is 6.13. The zero-order valence-electron chi connectivity index (χ0n) is 16.3. The summed E-state index contributed by atoms with van der Waals surface area (Å²) < 4.78 is 38.6. The Morgan fingerprint density at radius 3 is 2.32 bits per heavy atom. The van der Waals surface area contributed by atoms with Crippen molar-refractivity contribution >= 4 is 11.7 Å². The van der Waals surface area contributed by atoms with Crippen LogP contribution in [0.25, 0.3) is 11.1 Å². The molecule has 0 radical (unpaired) electrons. The van der Waals surface area contributed by atoms with E-state index in [4.69, 9.17) is 15.2 Å². The fraction of sp³-hybridized carbons (Fsp3) is 0.227. The molecule has 6 rings (SSSR count). The maximum Gasteiger partial charge on any atom is 0.283 e. The van der Waals surface area contributed by atoms with E-state index >= 15 is 0 Å². The normalized spacial score (nSPS) is 22.6. The van der Waals surface area contributed by atoms with Crippen LogP contribution in [0.5, 0.6) is 11.5 Å². The van der Waals surface area contributed by atoms with Gasteiger partial charge in [0.2, 0.25) is 0 Å². The zero-order valence-corrected chi connectivity index (χ0v) is 16.3. The number of rotatable bonds is 2. The molecule has 7 nitrogen and oxygen atoms in total. The van der Waals surface area contributed by atoms with Crippen molar-refractivity contribution in [2.24, 2.45) is 10.7 Å². The summed E-state index contributed by atoms with van der Waals surface area (Å²) in [6.45, 7) is -0.427. The average Bonchev–Trinajstić information content (AvgIpc) is 3.15. The lowest BCUT2D eigenvalue weighted by Crippen LogP contribution is -2.56.